The molecule has 1 aliphatic rings. The Morgan fingerprint density at radius 3 is 2.42 bits per heavy atom. The molecule has 1 heterocycles. The van der Waals surface area contributed by atoms with Crippen LogP contribution in [0.15, 0.2) is 24.3 Å². The van der Waals surface area contributed by atoms with Crippen LogP contribution in [-0.2, 0) is 4.79 Å². The van der Waals surface area contributed by atoms with Crippen LogP contribution in [-0.4, -0.2) is 25.0 Å². The summed E-state index contributed by atoms with van der Waals surface area (Å²) in [5.74, 6) is 0.681. The minimum atomic E-state index is -0.483. The van der Waals surface area contributed by atoms with Crippen molar-refractivity contribution in [1.29, 1.82) is 0 Å². The van der Waals surface area contributed by atoms with Crippen molar-refractivity contribution in [2.24, 2.45) is 11.7 Å². The van der Waals surface area contributed by atoms with Gasteiger partial charge in [-0.3, -0.25) is 4.79 Å². The van der Waals surface area contributed by atoms with Crippen LogP contribution in [0.5, 0.6) is 0 Å². The van der Waals surface area contributed by atoms with Gasteiger partial charge in [-0.25, -0.2) is 0 Å². The molecule has 19 heavy (non-hydrogen) atoms. The van der Waals surface area contributed by atoms with Gasteiger partial charge in [0.2, 0.25) is 5.91 Å². The molecule has 4 heteroatoms. The second-order valence-corrected chi connectivity index (χ2v) is 5.49. The van der Waals surface area contributed by atoms with Gasteiger partial charge in [0.05, 0.1) is 6.04 Å². The number of nitrogens with one attached hydrogen (secondary N) is 1. The first kappa shape index (κ1) is 13.9. The molecule has 1 aromatic rings. The summed E-state index contributed by atoms with van der Waals surface area (Å²) >= 11 is 0. The molecular formula is C15H23N3O. The van der Waals surface area contributed by atoms with Crippen LogP contribution in [0.1, 0.15) is 26.7 Å². The molecule has 0 unspecified atom stereocenters. The zero-order valence-corrected chi connectivity index (χ0v) is 11.7. The summed E-state index contributed by atoms with van der Waals surface area (Å²) in [7, 11) is 0. The number of carbonyl (C=O) groups is 1. The number of anilines is 2. The number of amides is 1. The van der Waals surface area contributed by atoms with Crippen LogP contribution in [0.2, 0.25) is 0 Å². The van der Waals surface area contributed by atoms with Gasteiger partial charge in [-0.05, 0) is 49.9 Å². The lowest BCUT2D eigenvalue weighted by Gasteiger charge is -2.32. The summed E-state index contributed by atoms with van der Waals surface area (Å²) < 4.78 is 0. The fourth-order valence-corrected chi connectivity index (χ4v) is 2.28. The fraction of sp³-hybridized carbons (Fsp3) is 0.533. The molecule has 0 aromatic heterocycles. The van der Waals surface area contributed by atoms with E-state index in [2.05, 4.69) is 29.3 Å². The Kier molecular flexibility index (Phi) is 4.43. The zero-order chi connectivity index (χ0) is 13.8. The molecule has 1 amide bonds. The Balaban J connectivity index is 1.96. The molecule has 0 radical (unpaired) electrons. The van der Waals surface area contributed by atoms with E-state index in [-0.39, 0.29) is 5.91 Å². The number of carbonyl (C=O) groups excluding carboxylic acids is 1. The predicted octanol–water partition coefficient (Wildman–Crippen LogP) is 2.21. The molecule has 1 aromatic carbocycles. The highest BCUT2D eigenvalue weighted by Crippen LogP contribution is 2.24. The van der Waals surface area contributed by atoms with Gasteiger partial charge in [0.25, 0.3) is 0 Å². The van der Waals surface area contributed by atoms with E-state index in [1.54, 1.807) is 6.92 Å². The highest BCUT2D eigenvalue weighted by atomic mass is 16.2. The SMILES string of the molecule is CC1CCN(c2ccc(NC(=O)[C@@H](C)N)cc2)CC1. The number of rotatable bonds is 3. The summed E-state index contributed by atoms with van der Waals surface area (Å²) in [5, 5.41) is 2.80. The molecule has 104 valence electrons. The molecule has 3 N–H and O–H groups in total. The summed E-state index contributed by atoms with van der Waals surface area (Å²) in [5.41, 5.74) is 7.55. The second-order valence-electron chi connectivity index (χ2n) is 5.49. The lowest BCUT2D eigenvalue weighted by atomic mass is 9.99. The smallest absolute Gasteiger partial charge is 0.240 e. The minimum absolute atomic E-state index is 0.153. The quantitative estimate of drug-likeness (QED) is 0.877. The van der Waals surface area contributed by atoms with Crippen molar-refractivity contribution in [3.05, 3.63) is 24.3 Å². The summed E-state index contributed by atoms with van der Waals surface area (Å²) in [6, 6.07) is 7.52. The first-order valence-electron chi connectivity index (χ1n) is 6.97. The predicted molar refractivity (Wildman–Crippen MR) is 79.3 cm³/mol. The maximum Gasteiger partial charge on any atom is 0.240 e. The molecule has 4 nitrogen and oxygen atoms in total. The van der Waals surface area contributed by atoms with Crippen LogP contribution < -0.4 is 16.0 Å². The average molecular weight is 261 g/mol. The molecule has 1 fully saturated rings. The van der Waals surface area contributed by atoms with Crippen molar-refractivity contribution in [2.45, 2.75) is 32.7 Å². The first-order valence-corrected chi connectivity index (χ1v) is 6.97. The molecule has 0 aliphatic carbocycles. The normalized spacial score (nSPS) is 18.2. The fourth-order valence-electron chi connectivity index (χ4n) is 2.28. The Bertz CT molecular complexity index is 420. The van der Waals surface area contributed by atoms with Crippen LogP contribution in [0, 0.1) is 5.92 Å². The third-order valence-electron chi connectivity index (χ3n) is 3.70. The number of piperidine rings is 1. The third-order valence-corrected chi connectivity index (χ3v) is 3.70. The van der Waals surface area contributed by atoms with E-state index in [1.165, 1.54) is 18.5 Å². The Morgan fingerprint density at radius 2 is 1.89 bits per heavy atom. The number of hydrogen-bond acceptors (Lipinski definition) is 3. The van der Waals surface area contributed by atoms with Gasteiger partial charge in [-0.1, -0.05) is 6.92 Å². The lowest BCUT2D eigenvalue weighted by molar-refractivity contribution is -0.117. The van der Waals surface area contributed by atoms with Crippen molar-refractivity contribution >= 4 is 17.3 Å². The van der Waals surface area contributed by atoms with Gasteiger partial charge in [-0.2, -0.15) is 0 Å². The highest BCUT2D eigenvalue weighted by molar-refractivity contribution is 5.94. The van der Waals surface area contributed by atoms with E-state index >= 15 is 0 Å². The van der Waals surface area contributed by atoms with Crippen molar-refractivity contribution in [3.63, 3.8) is 0 Å². The van der Waals surface area contributed by atoms with Crippen molar-refractivity contribution in [1.82, 2.24) is 0 Å². The number of nitrogens with zero attached hydrogens (tertiary/aromatic N) is 1. The summed E-state index contributed by atoms with van der Waals surface area (Å²) in [4.78, 5) is 13.9. The van der Waals surface area contributed by atoms with E-state index in [0.29, 0.717) is 0 Å². The number of nitrogens with two attached hydrogens (primary N) is 1. The maximum atomic E-state index is 11.5. The second kappa shape index (κ2) is 6.06. The Hall–Kier alpha value is -1.55. The van der Waals surface area contributed by atoms with Crippen LogP contribution in [0.3, 0.4) is 0 Å². The van der Waals surface area contributed by atoms with Gasteiger partial charge in [0.1, 0.15) is 0 Å². The Labute approximate surface area is 115 Å². The largest absolute Gasteiger partial charge is 0.372 e. The van der Waals surface area contributed by atoms with Crippen molar-refractivity contribution < 1.29 is 4.79 Å². The Morgan fingerprint density at radius 1 is 1.32 bits per heavy atom. The van der Waals surface area contributed by atoms with Gasteiger partial charge in [-0.15, -0.1) is 0 Å². The lowest BCUT2D eigenvalue weighted by Crippen LogP contribution is -2.33. The van der Waals surface area contributed by atoms with Gasteiger partial charge in [0.15, 0.2) is 0 Å². The molecule has 1 atom stereocenters. The van der Waals surface area contributed by atoms with E-state index in [4.69, 9.17) is 5.73 Å². The third kappa shape index (κ3) is 3.70. The molecule has 0 saturated carbocycles. The van der Waals surface area contributed by atoms with Crippen molar-refractivity contribution in [2.75, 3.05) is 23.3 Å². The topological polar surface area (TPSA) is 58.4 Å². The van der Waals surface area contributed by atoms with Gasteiger partial charge in [0, 0.05) is 24.5 Å². The van der Waals surface area contributed by atoms with E-state index < -0.39 is 6.04 Å². The van der Waals surface area contributed by atoms with Crippen LogP contribution >= 0.6 is 0 Å². The number of benzene rings is 1. The summed E-state index contributed by atoms with van der Waals surface area (Å²) in [6.45, 7) is 6.22. The molecule has 0 bridgehead atoms. The molecular weight excluding hydrogens is 238 g/mol. The average Bonchev–Trinajstić information content (AvgIpc) is 2.40. The van der Waals surface area contributed by atoms with Gasteiger partial charge >= 0.3 is 0 Å². The molecule has 2 rings (SSSR count). The summed E-state index contributed by atoms with van der Waals surface area (Å²) in [6.07, 6.45) is 2.51. The molecule has 1 aliphatic heterocycles. The van der Waals surface area contributed by atoms with Crippen LogP contribution in [0.25, 0.3) is 0 Å². The van der Waals surface area contributed by atoms with Gasteiger partial charge < -0.3 is 16.0 Å². The highest BCUT2D eigenvalue weighted by Gasteiger charge is 2.16. The molecule has 0 spiro atoms. The van der Waals surface area contributed by atoms with Crippen LogP contribution in [0.4, 0.5) is 11.4 Å². The zero-order valence-electron chi connectivity index (χ0n) is 11.7. The standard InChI is InChI=1S/C15H23N3O/c1-11-7-9-18(10-8-11)14-5-3-13(4-6-14)17-15(19)12(2)16/h3-6,11-12H,7-10,16H2,1-2H3,(H,17,19)/t12-/m1/s1. The monoisotopic (exact) mass is 261 g/mol. The number of hydrogen-bond donors (Lipinski definition) is 2. The van der Waals surface area contributed by atoms with E-state index in [0.717, 1.165) is 24.7 Å². The first-order chi connectivity index (χ1) is 9.06. The van der Waals surface area contributed by atoms with E-state index in [1.807, 2.05) is 12.1 Å². The van der Waals surface area contributed by atoms with E-state index in [9.17, 15) is 4.79 Å². The minimum Gasteiger partial charge on any atom is -0.372 e. The maximum absolute atomic E-state index is 11.5. The molecule has 1 saturated heterocycles. The van der Waals surface area contributed by atoms with Crippen molar-refractivity contribution in [3.8, 4) is 0 Å².